The van der Waals surface area contributed by atoms with E-state index in [-0.39, 0.29) is 6.61 Å². The first-order chi connectivity index (χ1) is 12.6. The fraction of sp³-hybridized carbons (Fsp3) is 0.200. The van der Waals surface area contributed by atoms with Crippen molar-refractivity contribution in [3.8, 4) is 22.1 Å². The highest BCUT2D eigenvalue weighted by molar-refractivity contribution is 7.13. The van der Waals surface area contributed by atoms with Gasteiger partial charge in [-0.1, -0.05) is 30.3 Å². The number of hydrogen-bond acceptors (Lipinski definition) is 6. The standard InChI is InChI=1S/C20H19NO4S/c1-13-17(23-2)9-15(10-18(13)24-3)20(22)25-11-16-12-26-19(21-16)14-7-5-4-6-8-14/h4-10,12H,11H2,1-3H3. The lowest BCUT2D eigenvalue weighted by Gasteiger charge is -2.12. The molecule has 0 saturated heterocycles. The topological polar surface area (TPSA) is 57.7 Å². The molecule has 134 valence electrons. The van der Waals surface area contributed by atoms with Gasteiger partial charge in [-0.25, -0.2) is 9.78 Å². The molecule has 0 saturated carbocycles. The summed E-state index contributed by atoms with van der Waals surface area (Å²) < 4.78 is 16.0. The molecule has 1 aromatic heterocycles. The van der Waals surface area contributed by atoms with E-state index in [0.29, 0.717) is 22.8 Å². The Balaban J connectivity index is 1.71. The largest absolute Gasteiger partial charge is 0.496 e. The number of carbonyl (C=O) groups excluding carboxylic acids is 1. The predicted octanol–water partition coefficient (Wildman–Crippen LogP) is 4.49. The van der Waals surface area contributed by atoms with Crippen LogP contribution in [0.5, 0.6) is 11.5 Å². The molecule has 2 aromatic carbocycles. The van der Waals surface area contributed by atoms with Crippen LogP contribution in [-0.2, 0) is 11.3 Å². The summed E-state index contributed by atoms with van der Waals surface area (Å²) in [4.78, 5) is 16.9. The summed E-state index contributed by atoms with van der Waals surface area (Å²) >= 11 is 1.52. The number of hydrogen-bond donors (Lipinski definition) is 0. The molecular weight excluding hydrogens is 350 g/mol. The summed E-state index contributed by atoms with van der Waals surface area (Å²) in [5.41, 5.74) is 2.97. The molecule has 0 aliphatic heterocycles. The maximum atomic E-state index is 12.4. The van der Waals surface area contributed by atoms with Gasteiger partial charge in [0, 0.05) is 16.5 Å². The van der Waals surface area contributed by atoms with Crippen LogP contribution in [0.2, 0.25) is 0 Å². The Labute approximate surface area is 156 Å². The van der Waals surface area contributed by atoms with Gasteiger partial charge in [0.2, 0.25) is 0 Å². The Morgan fingerprint density at radius 3 is 2.35 bits per heavy atom. The Morgan fingerprint density at radius 2 is 1.73 bits per heavy atom. The van der Waals surface area contributed by atoms with Crippen LogP contribution in [0.4, 0.5) is 0 Å². The third-order valence-corrected chi connectivity index (χ3v) is 4.85. The summed E-state index contributed by atoms with van der Waals surface area (Å²) in [7, 11) is 3.11. The van der Waals surface area contributed by atoms with Crippen molar-refractivity contribution in [2.45, 2.75) is 13.5 Å². The van der Waals surface area contributed by atoms with Gasteiger partial charge in [0.05, 0.1) is 25.5 Å². The maximum Gasteiger partial charge on any atom is 0.338 e. The quantitative estimate of drug-likeness (QED) is 0.599. The average molecular weight is 369 g/mol. The van der Waals surface area contributed by atoms with E-state index in [1.54, 1.807) is 26.4 Å². The van der Waals surface area contributed by atoms with E-state index in [1.165, 1.54) is 11.3 Å². The van der Waals surface area contributed by atoms with Gasteiger partial charge in [-0.15, -0.1) is 11.3 Å². The van der Waals surface area contributed by atoms with E-state index >= 15 is 0 Å². The van der Waals surface area contributed by atoms with Gasteiger partial charge in [-0.05, 0) is 19.1 Å². The van der Waals surface area contributed by atoms with Crippen LogP contribution in [-0.4, -0.2) is 25.2 Å². The number of rotatable bonds is 6. The van der Waals surface area contributed by atoms with Crippen LogP contribution in [0.1, 0.15) is 21.6 Å². The first-order valence-electron chi connectivity index (χ1n) is 8.02. The van der Waals surface area contributed by atoms with Gasteiger partial charge in [0.15, 0.2) is 0 Å². The van der Waals surface area contributed by atoms with Gasteiger partial charge >= 0.3 is 5.97 Å². The number of esters is 1. The molecule has 0 aliphatic rings. The second-order valence-corrected chi connectivity index (χ2v) is 6.45. The molecule has 3 aromatic rings. The molecule has 0 aliphatic carbocycles. The second-order valence-electron chi connectivity index (χ2n) is 5.59. The highest BCUT2D eigenvalue weighted by Gasteiger charge is 2.15. The summed E-state index contributed by atoms with van der Waals surface area (Å²) in [5.74, 6) is 0.712. The van der Waals surface area contributed by atoms with Crippen molar-refractivity contribution in [2.75, 3.05) is 14.2 Å². The lowest BCUT2D eigenvalue weighted by Crippen LogP contribution is -2.07. The molecule has 3 rings (SSSR count). The van der Waals surface area contributed by atoms with Crippen molar-refractivity contribution >= 4 is 17.3 Å². The Bertz CT molecular complexity index is 880. The molecule has 1 heterocycles. The molecule has 0 atom stereocenters. The number of methoxy groups -OCH3 is 2. The zero-order valence-electron chi connectivity index (χ0n) is 14.8. The number of nitrogens with zero attached hydrogens (tertiary/aromatic N) is 1. The smallest absolute Gasteiger partial charge is 0.338 e. The minimum absolute atomic E-state index is 0.112. The molecule has 0 unspecified atom stereocenters. The van der Waals surface area contributed by atoms with Gasteiger partial charge in [-0.3, -0.25) is 0 Å². The van der Waals surface area contributed by atoms with Crippen LogP contribution < -0.4 is 9.47 Å². The zero-order chi connectivity index (χ0) is 18.5. The number of ether oxygens (including phenoxy) is 3. The van der Waals surface area contributed by atoms with Gasteiger partial charge in [0.25, 0.3) is 0 Å². The number of benzene rings is 2. The highest BCUT2D eigenvalue weighted by atomic mass is 32.1. The zero-order valence-corrected chi connectivity index (χ0v) is 15.6. The van der Waals surface area contributed by atoms with E-state index in [1.807, 2.05) is 42.6 Å². The molecule has 0 amide bonds. The van der Waals surface area contributed by atoms with Crippen molar-refractivity contribution in [1.29, 1.82) is 0 Å². The van der Waals surface area contributed by atoms with Crippen molar-refractivity contribution < 1.29 is 19.0 Å². The molecule has 0 spiro atoms. The SMILES string of the molecule is COc1cc(C(=O)OCc2csc(-c3ccccc3)n2)cc(OC)c1C. The fourth-order valence-corrected chi connectivity index (χ4v) is 3.32. The minimum atomic E-state index is -0.448. The van der Waals surface area contributed by atoms with Crippen molar-refractivity contribution in [2.24, 2.45) is 0 Å². The minimum Gasteiger partial charge on any atom is -0.496 e. The molecule has 0 bridgehead atoms. The molecular formula is C20H19NO4S. The second kappa shape index (κ2) is 8.01. The molecule has 0 fully saturated rings. The molecule has 0 radical (unpaired) electrons. The predicted molar refractivity (Wildman–Crippen MR) is 101 cm³/mol. The lowest BCUT2D eigenvalue weighted by molar-refractivity contribution is 0.0467. The molecule has 6 heteroatoms. The van der Waals surface area contributed by atoms with Crippen LogP contribution in [0.3, 0.4) is 0 Å². The third kappa shape index (κ3) is 3.86. The first-order valence-corrected chi connectivity index (χ1v) is 8.90. The van der Waals surface area contributed by atoms with E-state index < -0.39 is 5.97 Å². The first kappa shape index (κ1) is 17.9. The van der Waals surface area contributed by atoms with Crippen LogP contribution >= 0.6 is 11.3 Å². The summed E-state index contributed by atoms with van der Waals surface area (Å²) in [6, 6.07) is 13.2. The van der Waals surface area contributed by atoms with E-state index in [2.05, 4.69) is 4.98 Å². The molecule has 5 nitrogen and oxygen atoms in total. The molecule has 0 N–H and O–H groups in total. The van der Waals surface area contributed by atoms with Crippen LogP contribution in [0.25, 0.3) is 10.6 Å². The number of aromatic nitrogens is 1. The Morgan fingerprint density at radius 1 is 1.08 bits per heavy atom. The van der Waals surface area contributed by atoms with E-state index in [9.17, 15) is 4.79 Å². The van der Waals surface area contributed by atoms with Gasteiger partial charge in [0.1, 0.15) is 23.1 Å². The van der Waals surface area contributed by atoms with Gasteiger partial charge < -0.3 is 14.2 Å². The van der Waals surface area contributed by atoms with E-state index in [0.717, 1.165) is 16.1 Å². The lowest BCUT2D eigenvalue weighted by atomic mass is 10.1. The van der Waals surface area contributed by atoms with Crippen LogP contribution in [0.15, 0.2) is 47.8 Å². The van der Waals surface area contributed by atoms with Gasteiger partial charge in [-0.2, -0.15) is 0 Å². The highest BCUT2D eigenvalue weighted by Crippen LogP contribution is 2.30. The average Bonchev–Trinajstić information content (AvgIpc) is 3.16. The van der Waals surface area contributed by atoms with Crippen molar-refractivity contribution in [3.63, 3.8) is 0 Å². The number of carbonyl (C=O) groups is 1. The summed E-state index contributed by atoms with van der Waals surface area (Å²) in [6.07, 6.45) is 0. The normalized spacial score (nSPS) is 10.4. The van der Waals surface area contributed by atoms with Crippen molar-refractivity contribution in [1.82, 2.24) is 4.98 Å². The third-order valence-electron chi connectivity index (χ3n) is 3.91. The van der Waals surface area contributed by atoms with Crippen molar-refractivity contribution in [3.05, 3.63) is 64.7 Å². The summed E-state index contributed by atoms with van der Waals surface area (Å²) in [6.45, 7) is 1.98. The maximum absolute atomic E-state index is 12.4. The van der Waals surface area contributed by atoms with Crippen LogP contribution in [0, 0.1) is 6.92 Å². The fourth-order valence-electron chi connectivity index (χ4n) is 2.51. The van der Waals surface area contributed by atoms with E-state index in [4.69, 9.17) is 14.2 Å². The number of thiazole rings is 1. The molecule has 26 heavy (non-hydrogen) atoms. The Kier molecular flexibility index (Phi) is 5.53. The Hall–Kier alpha value is -2.86. The monoisotopic (exact) mass is 369 g/mol. The summed E-state index contributed by atoms with van der Waals surface area (Å²) in [5, 5.41) is 2.79.